The quantitative estimate of drug-likeness (QED) is 0.679. The smallest absolute Gasteiger partial charge is 0.340 e. The van der Waals surface area contributed by atoms with Gasteiger partial charge in [0.25, 0.3) is 0 Å². The first kappa shape index (κ1) is 16.5. The van der Waals surface area contributed by atoms with E-state index in [4.69, 9.17) is 10.5 Å². The van der Waals surface area contributed by atoms with Crippen LogP contribution in [0.5, 0.6) is 0 Å². The van der Waals surface area contributed by atoms with Gasteiger partial charge in [-0.05, 0) is 31.0 Å². The number of anilines is 1. The Balaban J connectivity index is 3.04. The van der Waals surface area contributed by atoms with Gasteiger partial charge in [0.2, 0.25) is 0 Å². The molecule has 4 nitrogen and oxygen atoms in total. The lowest BCUT2D eigenvalue weighted by Gasteiger charge is -2.35. The number of nitrogens with zero attached hydrogens (tertiary/aromatic N) is 1. The summed E-state index contributed by atoms with van der Waals surface area (Å²) < 4.78 is 4.83. The molecule has 0 radical (unpaired) electrons. The Morgan fingerprint density at radius 2 is 2.00 bits per heavy atom. The van der Waals surface area contributed by atoms with Gasteiger partial charge in [0.1, 0.15) is 0 Å². The van der Waals surface area contributed by atoms with E-state index in [-0.39, 0.29) is 11.4 Å². The van der Waals surface area contributed by atoms with Crippen molar-refractivity contribution in [3.8, 4) is 0 Å². The van der Waals surface area contributed by atoms with Crippen molar-refractivity contribution >= 4 is 11.7 Å². The van der Waals surface area contributed by atoms with Crippen molar-refractivity contribution in [2.45, 2.75) is 40.3 Å². The van der Waals surface area contributed by atoms with Crippen LogP contribution in [0.2, 0.25) is 0 Å². The van der Waals surface area contributed by atoms with Crippen LogP contribution in [0.4, 0.5) is 5.69 Å². The van der Waals surface area contributed by atoms with Crippen LogP contribution in [0.25, 0.3) is 0 Å². The van der Waals surface area contributed by atoms with E-state index in [1.807, 2.05) is 12.1 Å². The molecule has 1 atom stereocenters. The topological polar surface area (TPSA) is 55.6 Å². The van der Waals surface area contributed by atoms with E-state index >= 15 is 0 Å². The number of benzene rings is 1. The Bertz CT molecular complexity index is 478. The number of nitrogen functional groups attached to an aromatic ring is 1. The summed E-state index contributed by atoms with van der Waals surface area (Å²) in [7, 11) is 3.43. The molecule has 0 amide bonds. The number of hydrogen-bond donors (Lipinski definition) is 1. The van der Waals surface area contributed by atoms with Gasteiger partial charge in [0.15, 0.2) is 0 Å². The van der Waals surface area contributed by atoms with Crippen LogP contribution >= 0.6 is 0 Å². The lowest BCUT2D eigenvalue weighted by Crippen LogP contribution is -2.39. The highest BCUT2D eigenvalue weighted by atomic mass is 16.5. The summed E-state index contributed by atoms with van der Waals surface area (Å²) in [5.74, 6) is -0.380. The summed E-state index contributed by atoms with van der Waals surface area (Å²) in [6, 6.07) is 5.89. The van der Waals surface area contributed by atoms with Gasteiger partial charge >= 0.3 is 5.97 Å². The summed E-state index contributed by atoms with van der Waals surface area (Å²) in [5, 5.41) is 0. The molecular weight excluding hydrogens is 252 g/mol. The van der Waals surface area contributed by atoms with E-state index in [2.05, 4.69) is 39.6 Å². The fourth-order valence-corrected chi connectivity index (χ4v) is 2.17. The third-order valence-corrected chi connectivity index (χ3v) is 3.91. The minimum absolute atomic E-state index is 0.167. The maximum atomic E-state index is 11.9. The van der Waals surface area contributed by atoms with Crippen molar-refractivity contribution in [3.63, 3.8) is 0 Å². The van der Waals surface area contributed by atoms with Crippen molar-refractivity contribution in [2.24, 2.45) is 5.41 Å². The number of esters is 1. The predicted molar refractivity (Wildman–Crippen MR) is 82.6 cm³/mol. The molecule has 0 spiro atoms. The highest BCUT2D eigenvalue weighted by Gasteiger charge is 2.25. The molecule has 0 saturated heterocycles. The zero-order valence-corrected chi connectivity index (χ0v) is 13.4. The van der Waals surface area contributed by atoms with Crippen LogP contribution in [0, 0.1) is 5.41 Å². The van der Waals surface area contributed by atoms with Crippen molar-refractivity contribution in [2.75, 3.05) is 19.9 Å². The molecule has 0 aliphatic rings. The lowest BCUT2D eigenvalue weighted by molar-refractivity contribution is 0.0598. The fraction of sp³-hybridized carbons (Fsp3) is 0.562. The van der Waals surface area contributed by atoms with Crippen LogP contribution in [-0.4, -0.2) is 31.1 Å². The third kappa shape index (κ3) is 3.73. The van der Waals surface area contributed by atoms with Crippen molar-refractivity contribution in [3.05, 3.63) is 29.3 Å². The van der Waals surface area contributed by atoms with Crippen molar-refractivity contribution in [1.29, 1.82) is 0 Å². The molecule has 112 valence electrons. The molecule has 0 fully saturated rings. The van der Waals surface area contributed by atoms with Gasteiger partial charge in [-0.2, -0.15) is 0 Å². The molecule has 0 saturated carbocycles. The standard InChI is InChI=1S/C16H26N2O2/c1-11(16(2,3)4)18(5)10-12-8-7-9-13(17)14(12)15(19)20-6/h7-9,11H,10,17H2,1-6H3. The zero-order chi connectivity index (χ0) is 15.5. The highest BCUT2D eigenvalue weighted by molar-refractivity contribution is 5.96. The second kappa shape index (κ2) is 6.27. The van der Waals surface area contributed by atoms with Crippen LogP contribution in [0.1, 0.15) is 43.6 Å². The number of hydrogen-bond acceptors (Lipinski definition) is 4. The molecule has 1 rings (SSSR count). The van der Waals surface area contributed by atoms with Gasteiger partial charge in [-0.1, -0.05) is 32.9 Å². The van der Waals surface area contributed by atoms with Crippen LogP contribution in [0.3, 0.4) is 0 Å². The fourth-order valence-electron chi connectivity index (χ4n) is 2.17. The molecule has 1 aromatic rings. The highest BCUT2D eigenvalue weighted by Crippen LogP contribution is 2.26. The van der Waals surface area contributed by atoms with Crippen molar-refractivity contribution < 1.29 is 9.53 Å². The number of carbonyl (C=O) groups excluding carboxylic acids is 1. The maximum Gasteiger partial charge on any atom is 0.340 e. The minimum Gasteiger partial charge on any atom is -0.465 e. The number of carbonyl (C=O) groups is 1. The molecule has 1 unspecified atom stereocenters. The molecule has 20 heavy (non-hydrogen) atoms. The second-order valence-electron chi connectivity index (χ2n) is 6.33. The van der Waals surface area contributed by atoms with E-state index in [1.54, 1.807) is 6.07 Å². The Morgan fingerprint density at radius 3 is 2.50 bits per heavy atom. The maximum absolute atomic E-state index is 11.9. The lowest BCUT2D eigenvalue weighted by atomic mass is 9.87. The van der Waals surface area contributed by atoms with Crippen LogP contribution in [-0.2, 0) is 11.3 Å². The Kier molecular flexibility index (Phi) is 5.17. The normalized spacial score (nSPS) is 13.3. The van der Waals surface area contributed by atoms with Gasteiger partial charge in [-0.3, -0.25) is 4.90 Å². The third-order valence-electron chi connectivity index (χ3n) is 3.91. The molecule has 4 heteroatoms. The molecule has 0 aliphatic heterocycles. The summed E-state index contributed by atoms with van der Waals surface area (Å²) in [5.41, 5.74) is 7.92. The van der Waals surface area contributed by atoms with Gasteiger partial charge < -0.3 is 10.5 Å². The Hall–Kier alpha value is -1.55. The number of ether oxygens (including phenoxy) is 1. The molecule has 2 N–H and O–H groups in total. The number of methoxy groups -OCH3 is 1. The van der Waals surface area contributed by atoms with E-state index < -0.39 is 0 Å². The van der Waals surface area contributed by atoms with Crippen LogP contribution < -0.4 is 5.73 Å². The molecule has 0 aromatic heterocycles. The predicted octanol–water partition coefficient (Wildman–Crippen LogP) is 2.92. The number of nitrogens with two attached hydrogens (primary N) is 1. The average Bonchev–Trinajstić information content (AvgIpc) is 2.36. The Labute approximate surface area is 121 Å². The van der Waals surface area contributed by atoms with Gasteiger partial charge in [0.05, 0.1) is 12.7 Å². The van der Waals surface area contributed by atoms with E-state index in [1.165, 1.54) is 7.11 Å². The van der Waals surface area contributed by atoms with E-state index in [0.717, 1.165) is 5.56 Å². The van der Waals surface area contributed by atoms with Crippen LogP contribution in [0.15, 0.2) is 18.2 Å². The Morgan fingerprint density at radius 1 is 1.40 bits per heavy atom. The summed E-state index contributed by atoms with van der Waals surface area (Å²) >= 11 is 0. The largest absolute Gasteiger partial charge is 0.465 e. The summed E-state index contributed by atoms with van der Waals surface area (Å²) in [6.07, 6.45) is 0. The first-order valence-electron chi connectivity index (χ1n) is 6.84. The number of rotatable bonds is 4. The zero-order valence-electron chi connectivity index (χ0n) is 13.4. The first-order chi connectivity index (χ1) is 9.18. The van der Waals surface area contributed by atoms with Gasteiger partial charge in [0, 0.05) is 18.3 Å². The molecule has 0 aliphatic carbocycles. The molecule has 1 aromatic carbocycles. The second-order valence-corrected chi connectivity index (χ2v) is 6.33. The molecular formula is C16H26N2O2. The monoisotopic (exact) mass is 278 g/mol. The first-order valence-corrected chi connectivity index (χ1v) is 6.84. The van der Waals surface area contributed by atoms with Crippen molar-refractivity contribution in [1.82, 2.24) is 4.90 Å². The van der Waals surface area contributed by atoms with Gasteiger partial charge in [-0.25, -0.2) is 4.79 Å². The summed E-state index contributed by atoms with van der Waals surface area (Å²) in [6.45, 7) is 9.45. The minimum atomic E-state index is -0.380. The average molecular weight is 278 g/mol. The molecule has 0 heterocycles. The molecule has 0 bridgehead atoms. The SMILES string of the molecule is COC(=O)c1c(N)cccc1CN(C)C(C)C(C)(C)C. The summed E-state index contributed by atoms with van der Waals surface area (Å²) in [4.78, 5) is 14.1. The van der Waals surface area contributed by atoms with Gasteiger partial charge in [-0.15, -0.1) is 0 Å². The van der Waals surface area contributed by atoms with E-state index in [9.17, 15) is 4.79 Å². The van der Waals surface area contributed by atoms with E-state index in [0.29, 0.717) is 23.8 Å².